The van der Waals surface area contributed by atoms with Gasteiger partial charge in [-0.15, -0.1) is 0 Å². The van der Waals surface area contributed by atoms with E-state index in [-0.39, 0.29) is 11.3 Å². The lowest BCUT2D eigenvalue weighted by Crippen LogP contribution is -2.08. The molecule has 0 atom stereocenters. The van der Waals surface area contributed by atoms with E-state index in [1.807, 2.05) is 0 Å². The van der Waals surface area contributed by atoms with Crippen molar-refractivity contribution < 1.29 is 23.4 Å². The molecule has 5 heteroatoms. The minimum absolute atomic E-state index is 0.00407. The fourth-order valence-electron chi connectivity index (χ4n) is 1.35. The standard InChI is InChI=1S/C13H17FO4/c1-16-8-9-17-6-3-7-18-13-11(10-15)4-2-5-12(13)14/h2,4-5,10H,3,6-9H2,1H3. The van der Waals surface area contributed by atoms with E-state index in [1.165, 1.54) is 18.2 Å². The molecule has 0 aliphatic rings. The number of benzene rings is 1. The Balaban J connectivity index is 2.29. The number of para-hydroxylation sites is 1. The van der Waals surface area contributed by atoms with Gasteiger partial charge in [0.25, 0.3) is 0 Å². The Morgan fingerprint density at radius 1 is 1.22 bits per heavy atom. The smallest absolute Gasteiger partial charge is 0.165 e. The van der Waals surface area contributed by atoms with E-state index in [4.69, 9.17) is 14.2 Å². The number of aldehydes is 1. The summed E-state index contributed by atoms with van der Waals surface area (Å²) in [5.41, 5.74) is 0.218. The summed E-state index contributed by atoms with van der Waals surface area (Å²) in [6, 6.07) is 4.25. The Morgan fingerprint density at radius 3 is 2.78 bits per heavy atom. The maximum atomic E-state index is 13.4. The third-order valence-corrected chi connectivity index (χ3v) is 2.24. The molecule has 100 valence electrons. The van der Waals surface area contributed by atoms with Gasteiger partial charge in [-0.1, -0.05) is 6.07 Å². The van der Waals surface area contributed by atoms with Gasteiger partial charge in [-0.3, -0.25) is 4.79 Å². The maximum Gasteiger partial charge on any atom is 0.165 e. The van der Waals surface area contributed by atoms with Crippen molar-refractivity contribution >= 4 is 6.29 Å². The van der Waals surface area contributed by atoms with Gasteiger partial charge in [-0.05, 0) is 12.1 Å². The molecule has 0 aromatic heterocycles. The first-order valence-corrected chi connectivity index (χ1v) is 5.72. The normalized spacial score (nSPS) is 10.3. The monoisotopic (exact) mass is 256 g/mol. The highest BCUT2D eigenvalue weighted by Crippen LogP contribution is 2.21. The van der Waals surface area contributed by atoms with E-state index in [1.54, 1.807) is 7.11 Å². The van der Waals surface area contributed by atoms with Crippen LogP contribution in [0.5, 0.6) is 5.75 Å². The number of methoxy groups -OCH3 is 1. The van der Waals surface area contributed by atoms with E-state index >= 15 is 0 Å². The molecule has 0 radical (unpaired) electrons. The molecule has 0 N–H and O–H groups in total. The molecule has 4 nitrogen and oxygen atoms in total. The molecule has 0 saturated heterocycles. The Kier molecular flexibility index (Phi) is 6.98. The maximum absolute atomic E-state index is 13.4. The molecule has 0 amide bonds. The third kappa shape index (κ3) is 4.81. The number of ether oxygens (including phenoxy) is 3. The molecule has 1 aromatic carbocycles. The highest BCUT2D eigenvalue weighted by molar-refractivity contribution is 5.79. The molecule has 18 heavy (non-hydrogen) atoms. The lowest BCUT2D eigenvalue weighted by molar-refractivity contribution is 0.0641. The zero-order valence-electron chi connectivity index (χ0n) is 10.4. The van der Waals surface area contributed by atoms with Crippen LogP contribution in [0.1, 0.15) is 16.8 Å². The summed E-state index contributed by atoms with van der Waals surface area (Å²) in [7, 11) is 1.60. The number of hydrogen-bond donors (Lipinski definition) is 0. The number of carbonyl (C=O) groups excluding carboxylic acids is 1. The number of carbonyl (C=O) groups is 1. The summed E-state index contributed by atoms with van der Waals surface area (Å²) in [5, 5.41) is 0. The highest BCUT2D eigenvalue weighted by atomic mass is 19.1. The second-order valence-electron chi connectivity index (χ2n) is 3.58. The van der Waals surface area contributed by atoms with Crippen LogP contribution >= 0.6 is 0 Å². The lowest BCUT2D eigenvalue weighted by atomic mass is 10.2. The van der Waals surface area contributed by atoms with Crippen LogP contribution < -0.4 is 4.74 Å². The van der Waals surface area contributed by atoms with Crippen molar-refractivity contribution in [3.63, 3.8) is 0 Å². The number of rotatable bonds is 9. The number of halogens is 1. The first-order chi connectivity index (χ1) is 8.79. The lowest BCUT2D eigenvalue weighted by Gasteiger charge is -2.09. The quantitative estimate of drug-likeness (QED) is 0.501. The predicted octanol–water partition coefficient (Wildman–Crippen LogP) is 2.07. The van der Waals surface area contributed by atoms with Gasteiger partial charge in [0.15, 0.2) is 17.9 Å². The highest BCUT2D eigenvalue weighted by Gasteiger charge is 2.08. The van der Waals surface area contributed by atoms with E-state index in [9.17, 15) is 9.18 Å². The Labute approximate surface area is 106 Å². The summed E-state index contributed by atoms with van der Waals surface area (Å²) in [6.45, 7) is 1.88. The van der Waals surface area contributed by atoms with Gasteiger partial charge in [0.2, 0.25) is 0 Å². The molecule has 0 aliphatic heterocycles. The molecule has 0 spiro atoms. The fraction of sp³-hybridized carbons (Fsp3) is 0.462. The Bertz CT molecular complexity index is 368. The molecule has 0 fully saturated rings. The SMILES string of the molecule is COCCOCCCOc1c(F)cccc1C=O. The molecule has 0 bridgehead atoms. The zero-order chi connectivity index (χ0) is 13.2. The van der Waals surface area contributed by atoms with Crippen molar-refractivity contribution in [3.05, 3.63) is 29.6 Å². The van der Waals surface area contributed by atoms with Crippen LogP contribution in [0.15, 0.2) is 18.2 Å². The molecular weight excluding hydrogens is 239 g/mol. The van der Waals surface area contributed by atoms with Crippen molar-refractivity contribution in [2.24, 2.45) is 0 Å². The van der Waals surface area contributed by atoms with Crippen molar-refractivity contribution in [1.29, 1.82) is 0 Å². The molecule has 0 aliphatic carbocycles. The van der Waals surface area contributed by atoms with Crippen LogP contribution in [0.2, 0.25) is 0 Å². The van der Waals surface area contributed by atoms with Crippen molar-refractivity contribution in [1.82, 2.24) is 0 Å². The largest absolute Gasteiger partial charge is 0.490 e. The second-order valence-corrected chi connectivity index (χ2v) is 3.58. The minimum atomic E-state index is -0.528. The topological polar surface area (TPSA) is 44.8 Å². The van der Waals surface area contributed by atoms with Gasteiger partial charge in [-0.25, -0.2) is 4.39 Å². The van der Waals surface area contributed by atoms with E-state index < -0.39 is 5.82 Å². The van der Waals surface area contributed by atoms with Crippen molar-refractivity contribution in [2.45, 2.75) is 6.42 Å². The second kappa shape index (κ2) is 8.60. The van der Waals surface area contributed by atoms with Gasteiger partial charge in [0, 0.05) is 20.1 Å². The van der Waals surface area contributed by atoms with Gasteiger partial charge >= 0.3 is 0 Å². The van der Waals surface area contributed by atoms with E-state index in [2.05, 4.69) is 0 Å². The minimum Gasteiger partial charge on any atom is -0.490 e. The van der Waals surface area contributed by atoms with Crippen LogP contribution in [0.25, 0.3) is 0 Å². The van der Waals surface area contributed by atoms with Gasteiger partial charge in [0.1, 0.15) is 0 Å². The fourth-order valence-corrected chi connectivity index (χ4v) is 1.35. The van der Waals surface area contributed by atoms with Gasteiger partial charge in [0.05, 0.1) is 25.4 Å². The van der Waals surface area contributed by atoms with Crippen LogP contribution in [-0.4, -0.2) is 39.8 Å². The average molecular weight is 256 g/mol. The summed E-state index contributed by atoms with van der Waals surface area (Å²) in [4.78, 5) is 10.7. The molecule has 1 aromatic rings. The third-order valence-electron chi connectivity index (χ3n) is 2.24. The van der Waals surface area contributed by atoms with Crippen LogP contribution in [0.3, 0.4) is 0 Å². The zero-order valence-corrected chi connectivity index (χ0v) is 10.4. The van der Waals surface area contributed by atoms with Crippen LogP contribution in [-0.2, 0) is 9.47 Å². The first kappa shape index (κ1) is 14.6. The predicted molar refractivity (Wildman–Crippen MR) is 64.6 cm³/mol. The van der Waals surface area contributed by atoms with Gasteiger partial charge < -0.3 is 14.2 Å². The first-order valence-electron chi connectivity index (χ1n) is 5.72. The van der Waals surface area contributed by atoms with Crippen molar-refractivity contribution in [3.8, 4) is 5.75 Å². The Hall–Kier alpha value is -1.46. The number of hydrogen-bond acceptors (Lipinski definition) is 4. The summed E-state index contributed by atoms with van der Waals surface area (Å²) < 4.78 is 28.7. The van der Waals surface area contributed by atoms with E-state index in [0.29, 0.717) is 39.1 Å². The van der Waals surface area contributed by atoms with Crippen LogP contribution in [0, 0.1) is 5.82 Å². The molecule has 0 saturated carbocycles. The molecule has 0 heterocycles. The summed E-state index contributed by atoms with van der Waals surface area (Å²) in [6.07, 6.45) is 1.20. The van der Waals surface area contributed by atoms with Gasteiger partial charge in [-0.2, -0.15) is 0 Å². The Morgan fingerprint density at radius 2 is 2.06 bits per heavy atom. The summed E-state index contributed by atoms with van der Waals surface area (Å²) >= 11 is 0. The van der Waals surface area contributed by atoms with Crippen LogP contribution in [0.4, 0.5) is 4.39 Å². The molecule has 0 unspecified atom stereocenters. The summed E-state index contributed by atoms with van der Waals surface area (Å²) in [5.74, 6) is -0.524. The average Bonchev–Trinajstić information content (AvgIpc) is 2.39. The van der Waals surface area contributed by atoms with E-state index in [0.717, 1.165) is 0 Å². The molecular formula is C13H17FO4. The molecule has 1 rings (SSSR count). The van der Waals surface area contributed by atoms with Crippen molar-refractivity contribution in [2.75, 3.05) is 33.5 Å².